The molecule has 22 heavy (non-hydrogen) atoms. The van der Waals surface area contributed by atoms with Crippen LogP contribution in [0.2, 0.25) is 0 Å². The molecule has 0 radical (unpaired) electrons. The fraction of sp³-hybridized carbons (Fsp3) is 0.611. The quantitative estimate of drug-likeness (QED) is 0.879. The first-order valence-electron chi connectivity index (χ1n) is 8.15. The topological polar surface area (TPSA) is 49.8 Å². The predicted molar refractivity (Wildman–Crippen MR) is 87.0 cm³/mol. The minimum atomic E-state index is -0.332. The van der Waals surface area contributed by atoms with Crippen LogP contribution in [0.5, 0.6) is 5.75 Å². The van der Waals surface area contributed by atoms with Crippen LogP contribution in [-0.4, -0.2) is 42.2 Å². The Morgan fingerprint density at radius 2 is 2.09 bits per heavy atom. The molecule has 1 aliphatic rings. The molecule has 3 unspecified atom stereocenters. The molecule has 1 aliphatic heterocycles. The van der Waals surface area contributed by atoms with E-state index in [1.54, 1.807) is 7.11 Å². The number of methoxy groups -OCH3 is 1. The number of aliphatic hydroxyl groups excluding tert-OH is 1. The lowest BCUT2D eigenvalue weighted by molar-refractivity contribution is -0.130. The highest BCUT2D eigenvalue weighted by Crippen LogP contribution is 2.28. The van der Waals surface area contributed by atoms with Crippen molar-refractivity contribution in [1.29, 1.82) is 0 Å². The summed E-state index contributed by atoms with van der Waals surface area (Å²) in [6, 6.07) is 7.98. The molecule has 3 atom stereocenters. The number of amides is 1. The van der Waals surface area contributed by atoms with Crippen LogP contribution >= 0.6 is 0 Å². The molecule has 1 aromatic carbocycles. The third-order valence-electron chi connectivity index (χ3n) is 4.76. The number of hydrogen-bond donors (Lipinski definition) is 1. The van der Waals surface area contributed by atoms with E-state index in [9.17, 15) is 9.90 Å². The second kappa shape index (κ2) is 7.63. The summed E-state index contributed by atoms with van der Waals surface area (Å²) in [5.74, 6) is 1.50. The number of carbonyl (C=O) groups is 1. The number of benzene rings is 1. The number of nitrogens with zero attached hydrogens (tertiary/aromatic N) is 1. The highest BCUT2D eigenvalue weighted by Gasteiger charge is 2.29. The summed E-state index contributed by atoms with van der Waals surface area (Å²) in [6.45, 7) is 5.39. The number of aliphatic hydroxyl groups is 1. The van der Waals surface area contributed by atoms with Crippen LogP contribution < -0.4 is 4.74 Å². The molecule has 0 bridgehead atoms. The Hall–Kier alpha value is -1.55. The van der Waals surface area contributed by atoms with Crippen molar-refractivity contribution in [2.45, 2.75) is 45.1 Å². The maximum absolute atomic E-state index is 12.5. The maximum Gasteiger partial charge on any atom is 0.223 e. The average molecular weight is 305 g/mol. The van der Waals surface area contributed by atoms with Gasteiger partial charge in [-0.05, 0) is 43.4 Å². The fourth-order valence-electron chi connectivity index (χ4n) is 3.12. The van der Waals surface area contributed by atoms with E-state index < -0.39 is 0 Å². The van der Waals surface area contributed by atoms with E-state index in [1.165, 1.54) is 5.56 Å². The summed E-state index contributed by atoms with van der Waals surface area (Å²) in [5.41, 5.74) is 1.18. The second-order valence-corrected chi connectivity index (χ2v) is 6.21. The summed E-state index contributed by atoms with van der Waals surface area (Å²) in [4.78, 5) is 14.4. The van der Waals surface area contributed by atoms with Gasteiger partial charge in [-0.1, -0.05) is 19.1 Å². The molecule has 0 spiro atoms. The number of hydrogen-bond acceptors (Lipinski definition) is 3. The van der Waals surface area contributed by atoms with Crippen molar-refractivity contribution in [3.63, 3.8) is 0 Å². The summed E-state index contributed by atoms with van der Waals surface area (Å²) < 4.78 is 5.18. The molecule has 2 rings (SSSR count). The molecule has 1 saturated heterocycles. The van der Waals surface area contributed by atoms with E-state index in [1.807, 2.05) is 36.1 Å². The highest BCUT2D eigenvalue weighted by atomic mass is 16.5. The number of carbonyl (C=O) groups excluding carboxylic acids is 1. The summed E-state index contributed by atoms with van der Waals surface area (Å²) in [5, 5.41) is 9.66. The Morgan fingerprint density at radius 3 is 2.59 bits per heavy atom. The summed E-state index contributed by atoms with van der Waals surface area (Å²) in [6.07, 6.45) is 2.05. The lowest BCUT2D eigenvalue weighted by Crippen LogP contribution is -2.31. The molecular formula is C18H27NO3. The largest absolute Gasteiger partial charge is 0.497 e. The molecule has 1 heterocycles. The SMILES string of the molecule is CCC(CC(=O)N1CCC(C(C)O)C1)c1ccc(OC)cc1. The third kappa shape index (κ3) is 4.01. The maximum atomic E-state index is 12.5. The smallest absolute Gasteiger partial charge is 0.223 e. The zero-order valence-corrected chi connectivity index (χ0v) is 13.8. The molecule has 1 amide bonds. The van der Waals surface area contributed by atoms with Crippen molar-refractivity contribution in [1.82, 2.24) is 4.90 Å². The summed E-state index contributed by atoms with van der Waals surface area (Å²) in [7, 11) is 1.65. The first-order valence-corrected chi connectivity index (χ1v) is 8.15. The van der Waals surface area contributed by atoms with Crippen molar-refractivity contribution < 1.29 is 14.6 Å². The number of rotatable bonds is 6. The van der Waals surface area contributed by atoms with Gasteiger partial charge in [0.25, 0.3) is 0 Å². The van der Waals surface area contributed by atoms with Gasteiger partial charge in [-0.25, -0.2) is 0 Å². The molecule has 1 N–H and O–H groups in total. The van der Waals surface area contributed by atoms with Crippen LogP contribution in [0.15, 0.2) is 24.3 Å². The van der Waals surface area contributed by atoms with Gasteiger partial charge < -0.3 is 14.7 Å². The van der Waals surface area contributed by atoms with E-state index >= 15 is 0 Å². The van der Waals surface area contributed by atoms with Crippen molar-refractivity contribution in [2.24, 2.45) is 5.92 Å². The minimum Gasteiger partial charge on any atom is -0.497 e. The fourth-order valence-corrected chi connectivity index (χ4v) is 3.12. The molecule has 4 heteroatoms. The number of ether oxygens (including phenoxy) is 1. The predicted octanol–water partition coefficient (Wildman–Crippen LogP) is 2.81. The van der Waals surface area contributed by atoms with E-state index in [2.05, 4.69) is 6.92 Å². The van der Waals surface area contributed by atoms with Crippen molar-refractivity contribution in [3.8, 4) is 5.75 Å². The Bertz CT molecular complexity index is 484. The molecule has 1 aromatic rings. The number of likely N-dealkylation sites (tertiary alicyclic amines) is 1. The monoisotopic (exact) mass is 305 g/mol. The van der Waals surface area contributed by atoms with Gasteiger partial charge in [-0.2, -0.15) is 0 Å². The first kappa shape index (κ1) is 16.8. The minimum absolute atomic E-state index is 0.200. The van der Waals surface area contributed by atoms with Crippen LogP contribution in [-0.2, 0) is 4.79 Å². The van der Waals surface area contributed by atoms with Crippen LogP contribution in [0.1, 0.15) is 44.6 Å². The second-order valence-electron chi connectivity index (χ2n) is 6.21. The third-order valence-corrected chi connectivity index (χ3v) is 4.76. The van der Waals surface area contributed by atoms with Gasteiger partial charge in [0, 0.05) is 25.4 Å². The van der Waals surface area contributed by atoms with Crippen LogP contribution in [0.3, 0.4) is 0 Å². The van der Waals surface area contributed by atoms with Crippen LogP contribution in [0.4, 0.5) is 0 Å². The molecule has 4 nitrogen and oxygen atoms in total. The first-order chi connectivity index (χ1) is 10.5. The van der Waals surface area contributed by atoms with Gasteiger partial charge in [0.2, 0.25) is 5.91 Å². The van der Waals surface area contributed by atoms with Gasteiger partial charge in [0.05, 0.1) is 13.2 Å². The Labute approximate surface area is 133 Å². The molecule has 0 aromatic heterocycles. The standard InChI is InChI=1S/C18H27NO3/c1-4-14(15-5-7-17(22-3)8-6-15)11-18(21)19-10-9-16(12-19)13(2)20/h5-8,13-14,16,20H,4,9-12H2,1-3H3. The lowest BCUT2D eigenvalue weighted by atomic mass is 9.92. The Balaban J connectivity index is 1.96. The van der Waals surface area contributed by atoms with Crippen molar-refractivity contribution in [3.05, 3.63) is 29.8 Å². The lowest BCUT2D eigenvalue weighted by Gasteiger charge is -2.21. The molecule has 0 saturated carbocycles. The molecule has 1 fully saturated rings. The van der Waals surface area contributed by atoms with Crippen LogP contribution in [0, 0.1) is 5.92 Å². The van der Waals surface area contributed by atoms with E-state index in [0.717, 1.165) is 25.1 Å². The molecular weight excluding hydrogens is 278 g/mol. The zero-order chi connectivity index (χ0) is 16.1. The Kier molecular flexibility index (Phi) is 5.83. The van der Waals surface area contributed by atoms with Crippen molar-refractivity contribution >= 4 is 5.91 Å². The van der Waals surface area contributed by atoms with Gasteiger partial charge >= 0.3 is 0 Å². The zero-order valence-electron chi connectivity index (χ0n) is 13.8. The summed E-state index contributed by atoms with van der Waals surface area (Å²) >= 11 is 0. The van der Waals surface area contributed by atoms with Gasteiger partial charge in [0.15, 0.2) is 0 Å². The van der Waals surface area contributed by atoms with E-state index in [4.69, 9.17) is 4.74 Å². The van der Waals surface area contributed by atoms with E-state index in [0.29, 0.717) is 13.0 Å². The molecule has 122 valence electrons. The van der Waals surface area contributed by atoms with Crippen molar-refractivity contribution in [2.75, 3.05) is 20.2 Å². The van der Waals surface area contributed by atoms with Gasteiger partial charge in [0.1, 0.15) is 5.75 Å². The molecule has 0 aliphatic carbocycles. The van der Waals surface area contributed by atoms with E-state index in [-0.39, 0.29) is 23.8 Å². The Morgan fingerprint density at radius 1 is 1.41 bits per heavy atom. The normalized spacial score (nSPS) is 20.7. The van der Waals surface area contributed by atoms with Gasteiger partial charge in [-0.3, -0.25) is 4.79 Å². The average Bonchev–Trinajstić information content (AvgIpc) is 3.03. The van der Waals surface area contributed by atoms with Gasteiger partial charge in [-0.15, -0.1) is 0 Å². The van der Waals surface area contributed by atoms with Crippen LogP contribution in [0.25, 0.3) is 0 Å². The highest BCUT2D eigenvalue weighted by molar-refractivity contribution is 5.77.